The molecule has 1 aromatic rings. The van der Waals surface area contributed by atoms with Gasteiger partial charge in [0.1, 0.15) is 12.2 Å². The van der Waals surface area contributed by atoms with Crippen molar-refractivity contribution in [2.45, 2.75) is 25.4 Å². The van der Waals surface area contributed by atoms with E-state index < -0.39 is 12.6 Å². The molecular formula is C8H8ClF3N2. The van der Waals surface area contributed by atoms with E-state index in [1.54, 1.807) is 6.92 Å². The van der Waals surface area contributed by atoms with Crippen LogP contribution in [0.2, 0.25) is 0 Å². The van der Waals surface area contributed by atoms with Crippen molar-refractivity contribution in [1.29, 1.82) is 0 Å². The summed E-state index contributed by atoms with van der Waals surface area (Å²) in [5.74, 6) is -0.0122. The summed E-state index contributed by atoms with van der Waals surface area (Å²) in [4.78, 5) is 7.29. The number of hydrogen-bond donors (Lipinski definition) is 0. The smallest absolute Gasteiger partial charge is 0.241 e. The van der Waals surface area contributed by atoms with Crippen LogP contribution in [0, 0.1) is 6.92 Å². The molecule has 0 aliphatic rings. The Hall–Kier alpha value is -0.840. The lowest BCUT2D eigenvalue weighted by Gasteiger charge is -2.06. The predicted octanol–water partition coefficient (Wildman–Crippen LogP) is 2.63. The molecule has 14 heavy (non-hydrogen) atoms. The summed E-state index contributed by atoms with van der Waals surface area (Å²) in [6.07, 6.45) is -4.04. The van der Waals surface area contributed by atoms with Gasteiger partial charge in [-0.2, -0.15) is 13.2 Å². The van der Waals surface area contributed by atoms with E-state index in [4.69, 9.17) is 11.6 Å². The molecule has 0 saturated heterocycles. The van der Waals surface area contributed by atoms with Crippen LogP contribution in [-0.2, 0) is 12.3 Å². The second-order valence-corrected chi connectivity index (χ2v) is 3.09. The molecule has 0 fully saturated rings. The van der Waals surface area contributed by atoms with E-state index in [2.05, 4.69) is 9.97 Å². The number of halogens is 4. The highest BCUT2D eigenvalue weighted by Crippen LogP contribution is 2.19. The van der Waals surface area contributed by atoms with Crippen molar-refractivity contribution in [3.05, 3.63) is 23.3 Å². The first-order valence-corrected chi connectivity index (χ1v) is 4.40. The summed E-state index contributed by atoms with van der Waals surface area (Å²) < 4.78 is 35.8. The summed E-state index contributed by atoms with van der Waals surface area (Å²) >= 11 is 5.52. The maximum atomic E-state index is 11.9. The monoisotopic (exact) mass is 224 g/mol. The summed E-state index contributed by atoms with van der Waals surface area (Å²) in [6.45, 7) is 1.61. The Bertz CT molecular complexity index is 325. The maximum absolute atomic E-state index is 11.9. The third-order valence-corrected chi connectivity index (χ3v) is 1.92. The van der Waals surface area contributed by atoms with E-state index in [1.165, 1.54) is 6.20 Å². The topological polar surface area (TPSA) is 25.8 Å². The molecule has 0 unspecified atom stereocenters. The number of rotatable bonds is 2. The van der Waals surface area contributed by atoms with Gasteiger partial charge in [0.05, 0.1) is 5.88 Å². The lowest BCUT2D eigenvalue weighted by Crippen LogP contribution is -2.14. The van der Waals surface area contributed by atoms with Crippen LogP contribution in [0.4, 0.5) is 13.2 Å². The first-order chi connectivity index (χ1) is 6.42. The van der Waals surface area contributed by atoms with Gasteiger partial charge in [-0.15, -0.1) is 11.6 Å². The molecule has 0 radical (unpaired) electrons. The molecule has 78 valence electrons. The molecule has 1 heterocycles. The van der Waals surface area contributed by atoms with Gasteiger partial charge in [-0.3, -0.25) is 0 Å². The molecule has 0 aliphatic heterocycles. The highest BCUT2D eigenvalue weighted by atomic mass is 35.5. The minimum Gasteiger partial charge on any atom is -0.241 e. The van der Waals surface area contributed by atoms with Gasteiger partial charge in [0.15, 0.2) is 0 Å². The van der Waals surface area contributed by atoms with Crippen molar-refractivity contribution >= 4 is 11.6 Å². The van der Waals surface area contributed by atoms with Gasteiger partial charge >= 0.3 is 6.18 Å². The third-order valence-electron chi connectivity index (χ3n) is 1.63. The van der Waals surface area contributed by atoms with E-state index in [0.717, 1.165) is 0 Å². The third kappa shape index (κ3) is 3.14. The Balaban J connectivity index is 2.87. The molecule has 1 rings (SSSR count). The standard InChI is InChI=1S/C8H8ClF3N2/c1-5-6(3-9)4-13-7(14-5)2-8(10,11)12/h4H,2-3H2,1H3. The molecule has 6 heteroatoms. The van der Waals surface area contributed by atoms with Gasteiger partial charge in [0, 0.05) is 17.5 Å². The quantitative estimate of drug-likeness (QED) is 0.722. The minimum absolute atomic E-state index is 0.206. The van der Waals surface area contributed by atoms with Gasteiger partial charge in [0.2, 0.25) is 0 Å². The Morgan fingerprint density at radius 1 is 1.43 bits per heavy atom. The van der Waals surface area contributed by atoms with E-state index in [-0.39, 0.29) is 11.7 Å². The van der Waals surface area contributed by atoms with Crippen LogP contribution < -0.4 is 0 Å². The first-order valence-electron chi connectivity index (χ1n) is 3.86. The van der Waals surface area contributed by atoms with Crippen LogP contribution in [-0.4, -0.2) is 16.1 Å². The number of aromatic nitrogens is 2. The van der Waals surface area contributed by atoms with Crippen molar-refractivity contribution in [3.8, 4) is 0 Å². The lowest BCUT2D eigenvalue weighted by molar-refractivity contribution is -0.128. The molecule has 0 spiro atoms. The van der Waals surface area contributed by atoms with Gasteiger partial charge in [-0.05, 0) is 6.92 Å². The number of aryl methyl sites for hydroxylation is 1. The van der Waals surface area contributed by atoms with Crippen LogP contribution in [0.1, 0.15) is 17.1 Å². The van der Waals surface area contributed by atoms with Gasteiger partial charge in [-0.25, -0.2) is 9.97 Å². The minimum atomic E-state index is -4.27. The van der Waals surface area contributed by atoms with Gasteiger partial charge in [0.25, 0.3) is 0 Å². The molecule has 1 aromatic heterocycles. The van der Waals surface area contributed by atoms with Crippen molar-refractivity contribution in [3.63, 3.8) is 0 Å². The Morgan fingerprint density at radius 3 is 2.50 bits per heavy atom. The van der Waals surface area contributed by atoms with E-state index in [9.17, 15) is 13.2 Å². The molecule has 0 N–H and O–H groups in total. The summed E-state index contributed by atoms with van der Waals surface area (Å²) in [6, 6.07) is 0. The second-order valence-electron chi connectivity index (χ2n) is 2.82. The van der Waals surface area contributed by atoms with Crippen LogP contribution >= 0.6 is 11.6 Å². The molecule has 2 nitrogen and oxygen atoms in total. The van der Waals surface area contributed by atoms with Gasteiger partial charge < -0.3 is 0 Å². The van der Waals surface area contributed by atoms with Crippen molar-refractivity contribution in [2.24, 2.45) is 0 Å². The molecule has 0 aromatic carbocycles. The first kappa shape index (κ1) is 11.2. The highest BCUT2D eigenvalue weighted by molar-refractivity contribution is 6.17. The zero-order valence-corrected chi connectivity index (χ0v) is 8.15. The van der Waals surface area contributed by atoms with E-state index >= 15 is 0 Å². The number of hydrogen-bond acceptors (Lipinski definition) is 2. The molecule has 0 aliphatic carbocycles. The fourth-order valence-electron chi connectivity index (χ4n) is 0.936. The van der Waals surface area contributed by atoms with Crippen LogP contribution in [0.25, 0.3) is 0 Å². The van der Waals surface area contributed by atoms with Crippen molar-refractivity contribution < 1.29 is 13.2 Å². The summed E-state index contributed by atoms with van der Waals surface area (Å²) in [5, 5.41) is 0. The Labute approximate surface area is 84.1 Å². The fourth-order valence-corrected chi connectivity index (χ4v) is 1.20. The average molecular weight is 225 g/mol. The second kappa shape index (κ2) is 4.13. The van der Waals surface area contributed by atoms with Gasteiger partial charge in [-0.1, -0.05) is 0 Å². The summed E-state index contributed by atoms with van der Waals surface area (Å²) in [5.41, 5.74) is 1.15. The molecule has 0 atom stereocenters. The van der Waals surface area contributed by atoms with Crippen LogP contribution in [0.15, 0.2) is 6.20 Å². The fraction of sp³-hybridized carbons (Fsp3) is 0.500. The maximum Gasteiger partial charge on any atom is 0.396 e. The number of nitrogens with zero attached hydrogens (tertiary/aromatic N) is 2. The SMILES string of the molecule is Cc1nc(CC(F)(F)F)ncc1CCl. The zero-order valence-electron chi connectivity index (χ0n) is 7.40. The van der Waals surface area contributed by atoms with Crippen LogP contribution in [0.3, 0.4) is 0 Å². The van der Waals surface area contributed by atoms with Crippen LogP contribution in [0.5, 0.6) is 0 Å². The van der Waals surface area contributed by atoms with Crippen molar-refractivity contribution in [2.75, 3.05) is 0 Å². The molecular weight excluding hydrogens is 217 g/mol. The zero-order chi connectivity index (χ0) is 10.8. The molecule has 0 amide bonds. The molecule has 0 bridgehead atoms. The summed E-state index contributed by atoms with van der Waals surface area (Å²) in [7, 11) is 0. The normalized spacial score (nSPS) is 11.8. The molecule has 0 saturated carbocycles. The van der Waals surface area contributed by atoms with E-state index in [1.807, 2.05) is 0 Å². The Kier molecular flexibility index (Phi) is 3.31. The average Bonchev–Trinajstić information content (AvgIpc) is 2.01. The van der Waals surface area contributed by atoms with Crippen molar-refractivity contribution in [1.82, 2.24) is 9.97 Å². The lowest BCUT2D eigenvalue weighted by atomic mass is 10.2. The number of alkyl halides is 4. The Morgan fingerprint density at radius 2 is 2.07 bits per heavy atom. The predicted molar refractivity (Wildman–Crippen MR) is 46.1 cm³/mol. The van der Waals surface area contributed by atoms with E-state index in [0.29, 0.717) is 11.3 Å². The highest BCUT2D eigenvalue weighted by Gasteiger charge is 2.29. The largest absolute Gasteiger partial charge is 0.396 e.